The van der Waals surface area contributed by atoms with Gasteiger partial charge in [0.2, 0.25) is 0 Å². The minimum absolute atomic E-state index is 0.0119. The van der Waals surface area contributed by atoms with Gasteiger partial charge < -0.3 is 5.32 Å². The van der Waals surface area contributed by atoms with Gasteiger partial charge in [0.15, 0.2) is 0 Å². The zero-order chi connectivity index (χ0) is 13.1. The smallest absolute Gasteiger partial charge is 0.274 e. The molecule has 98 valence electrons. The summed E-state index contributed by atoms with van der Waals surface area (Å²) in [6.07, 6.45) is 0. The Morgan fingerprint density at radius 2 is 2.28 bits per heavy atom. The van der Waals surface area contributed by atoms with Crippen LogP contribution < -0.4 is 5.32 Å². The summed E-state index contributed by atoms with van der Waals surface area (Å²) in [6, 6.07) is 4.01. The molecule has 1 aromatic carbocycles. The first-order valence-electron chi connectivity index (χ1n) is 5.99. The lowest BCUT2D eigenvalue weighted by molar-refractivity contribution is -0.385. The third-order valence-corrected chi connectivity index (χ3v) is 3.29. The first-order chi connectivity index (χ1) is 8.61. The highest BCUT2D eigenvalue weighted by atomic mass is 19.1. The Labute approximate surface area is 105 Å². The largest absolute Gasteiger partial charge is 0.314 e. The van der Waals surface area contributed by atoms with Crippen molar-refractivity contribution in [3.8, 4) is 0 Å². The molecule has 1 heterocycles. The van der Waals surface area contributed by atoms with Gasteiger partial charge in [-0.25, -0.2) is 4.39 Å². The monoisotopic (exact) mass is 253 g/mol. The molecular formula is C12H16FN3O2. The van der Waals surface area contributed by atoms with Crippen LogP contribution in [-0.2, 0) is 6.54 Å². The molecule has 0 aliphatic carbocycles. The Kier molecular flexibility index (Phi) is 3.88. The SMILES string of the molecule is CCN(Cc1cc(F)ccc1[N+](=O)[O-])C1CNC1. The lowest BCUT2D eigenvalue weighted by Crippen LogP contribution is -2.56. The van der Waals surface area contributed by atoms with E-state index < -0.39 is 10.7 Å². The first kappa shape index (κ1) is 12.9. The molecule has 1 fully saturated rings. The van der Waals surface area contributed by atoms with Gasteiger partial charge in [0.05, 0.1) is 4.92 Å². The molecule has 1 aliphatic heterocycles. The van der Waals surface area contributed by atoms with Gasteiger partial charge in [-0.1, -0.05) is 6.92 Å². The second-order valence-electron chi connectivity index (χ2n) is 4.41. The fraction of sp³-hybridized carbons (Fsp3) is 0.500. The zero-order valence-corrected chi connectivity index (χ0v) is 10.2. The Morgan fingerprint density at radius 1 is 1.56 bits per heavy atom. The number of rotatable bonds is 5. The van der Waals surface area contributed by atoms with Gasteiger partial charge in [-0.2, -0.15) is 0 Å². The van der Waals surface area contributed by atoms with Gasteiger partial charge in [-0.15, -0.1) is 0 Å². The van der Waals surface area contributed by atoms with Crippen molar-refractivity contribution in [1.29, 1.82) is 0 Å². The fourth-order valence-corrected chi connectivity index (χ4v) is 2.11. The summed E-state index contributed by atoms with van der Waals surface area (Å²) >= 11 is 0. The van der Waals surface area contributed by atoms with Crippen LogP contribution in [0.15, 0.2) is 18.2 Å². The predicted molar refractivity (Wildman–Crippen MR) is 65.8 cm³/mol. The van der Waals surface area contributed by atoms with E-state index in [0.29, 0.717) is 18.2 Å². The lowest BCUT2D eigenvalue weighted by atomic mass is 10.1. The molecular weight excluding hydrogens is 237 g/mol. The summed E-state index contributed by atoms with van der Waals surface area (Å²) in [6.45, 7) is 4.98. The second-order valence-corrected chi connectivity index (χ2v) is 4.41. The van der Waals surface area contributed by atoms with Crippen molar-refractivity contribution in [2.75, 3.05) is 19.6 Å². The molecule has 5 nitrogen and oxygen atoms in total. The van der Waals surface area contributed by atoms with Gasteiger partial charge in [0, 0.05) is 37.3 Å². The highest BCUT2D eigenvalue weighted by Gasteiger charge is 2.25. The molecule has 2 rings (SSSR count). The minimum Gasteiger partial charge on any atom is -0.314 e. The number of halogens is 1. The predicted octanol–water partition coefficient (Wildman–Crippen LogP) is 1.53. The maximum atomic E-state index is 13.2. The van der Waals surface area contributed by atoms with Crippen LogP contribution in [-0.4, -0.2) is 35.5 Å². The van der Waals surface area contributed by atoms with Crippen LogP contribution in [0.2, 0.25) is 0 Å². The Bertz CT molecular complexity index is 449. The van der Waals surface area contributed by atoms with Crippen molar-refractivity contribution in [3.63, 3.8) is 0 Å². The van der Waals surface area contributed by atoms with E-state index in [2.05, 4.69) is 10.2 Å². The molecule has 0 aromatic heterocycles. The summed E-state index contributed by atoms with van der Waals surface area (Å²) in [5.74, 6) is -0.432. The van der Waals surface area contributed by atoms with E-state index in [1.165, 1.54) is 12.1 Å². The second kappa shape index (κ2) is 5.41. The summed E-state index contributed by atoms with van der Waals surface area (Å²) in [7, 11) is 0. The van der Waals surface area contributed by atoms with Gasteiger partial charge in [-0.3, -0.25) is 15.0 Å². The molecule has 0 spiro atoms. The van der Waals surface area contributed by atoms with Crippen molar-refractivity contribution >= 4 is 5.69 Å². The Morgan fingerprint density at radius 3 is 2.78 bits per heavy atom. The van der Waals surface area contributed by atoms with Gasteiger partial charge >= 0.3 is 0 Å². The van der Waals surface area contributed by atoms with Gasteiger partial charge in [0.1, 0.15) is 5.82 Å². The molecule has 0 amide bonds. The summed E-state index contributed by atoms with van der Waals surface area (Å²) in [5.41, 5.74) is 0.427. The lowest BCUT2D eigenvalue weighted by Gasteiger charge is -2.37. The molecule has 0 saturated carbocycles. The maximum absolute atomic E-state index is 13.2. The van der Waals surface area contributed by atoms with Crippen molar-refractivity contribution in [3.05, 3.63) is 39.7 Å². The average molecular weight is 253 g/mol. The fourth-order valence-electron chi connectivity index (χ4n) is 2.11. The number of nitro groups is 1. The molecule has 0 bridgehead atoms. The molecule has 1 saturated heterocycles. The van der Waals surface area contributed by atoms with Crippen LogP contribution in [0.3, 0.4) is 0 Å². The molecule has 6 heteroatoms. The van der Waals surface area contributed by atoms with Crippen LogP contribution in [0.4, 0.5) is 10.1 Å². The van der Waals surface area contributed by atoms with Crippen molar-refractivity contribution < 1.29 is 9.31 Å². The molecule has 1 aromatic rings. The normalized spacial score (nSPS) is 15.7. The number of nitro benzene ring substituents is 1. The number of nitrogens with zero attached hydrogens (tertiary/aromatic N) is 2. The summed E-state index contributed by atoms with van der Waals surface area (Å²) in [5, 5.41) is 14.1. The van der Waals surface area contributed by atoms with Crippen molar-refractivity contribution in [2.45, 2.75) is 19.5 Å². The van der Waals surface area contributed by atoms with Crippen LogP contribution in [0.1, 0.15) is 12.5 Å². The van der Waals surface area contributed by atoms with E-state index in [-0.39, 0.29) is 5.69 Å². The quantitative estimate of drug-likeness (QED) is 0.638. The van der Waals surface area contributed by atoms with E-state index in [0.717, 1.165) is 25.7 Å². The minimum atomic E-state index is -0.457. The molecule has 1 aliphatic rings. The van der Waals surface area contributed by atoms with Gasteiger partial charge in [-0.05, 0) is 18.7 Å². The van der Waals surface area contributed by atoms with E-state index >= 15 is 0 Å². The topological polar surface area (TPSA) is 58.4 Å². The number of hydrogen-bond acceptors (Lipinski definition) is 4. The Balaban J connectivity index is 2.20. The maximum Gasteiger partial charge on any atom is 0.274 e. The van der Waals surface area contributed by atoms with Crippen LogP contribution in [0, 0.1) is 15.9 Å². The number of likely N-dealkylation sites (N-methyl/N-ethyl adjacent to an activating group) is 1. The van der Waals surface area contributed by atoms with E-state index in [4.69, 9.17) is 0 Å². The molecule has 1 N–H and O–H groups in total. The van der Waals surface area contributed by atoms with Crippen LogP contribution in [0.5, 0.6) is 0 Å². The highest BCUT2D eigenvalue weighted by molar-refractivity contribution is 5.40. The molecule has 0 atom stereocenters. The first-order valence-corrected chi connectivity index (χ1v) is 5.99. The standard InChI is InChI=1S/C12H16FN3O2/c1-2-15(11-6-14-7-11)8-9-5-10(13)3-4-12(9)16(17)18/h3-5,11,14H,2,6-8H2,1H3. The summed E-state index contributed by atoms with van der Waals surface area (Å²) < 4.78 is 13.2. The average Bonchev–Trinajstić information content (AvgIpc) is 2.25. The van der Waals surface area contributed by atoms with Crippen LogP contribution in [0.25, 0.3) is 0 Å². The summed E-state index contributed by atoms with van der Waals surface area (Å²) in [4.78, 5) is 12.6. The molecule has 18 heavy (non-hydrogen) atoms. The Hall–Kier alpha value is -1.53. The third-order valence-electron chi connectivity index (χ3n) is 3.29. The van der Waals surface area contributed by atoms with E-state index in [1.54, 1.807) is 0 Å². The molecule has 0 radical (unpaired) electrons. The van der Waals surface area contributed by atoms with Crippen LogP contribution >= 0.6 is 0 Å². The van der Waals surface area contributed by atoms with E-state index in [9.17, 15) is 14.5 Å². The zero-order valence-electron chi connectivity index (χ0n) is 10.2. The third kappa shape index (κ3) is 2.65. The number of benzene rings is 1. The number of hydrogen-bond donors (Lipinski definition) is 1. The van der Waals surface area contributed by atoms with E-state index in [1.807, 2.05) is 6.92 Å². The highest BCUT2D eigenvalue weighted by Crippen LogP contribution is 2.22. The molecule has 0 unspecified atom stereocenters. The number of nitrogens with one attached hydrogen (secondary N) is 1. The van der Waals surface area contributed by atoms with Gasteiger partial charge in [0.25, 0.3) is 5.69 Å². The van der Waals surface area contributed by atoms with Crippen molar-refractivity contribution in [2.24, 2.45) is 0 Å². The van der Waals surface area contributed by atoms with Crippen molar-refractivity contribution in [1.82, 2.24) is 10.2 Å².